The van der Waals surface area contributed by atoms with Crippen LogP contribution < -0.4 is 20.7 Å². The van der Waals surface area contributed by atoms with Gasteiger partial charge in [0.25, 0.3) is 0 Å². The van der Waals surface area contributed by atoms with Crippen LogP contribution in [0.4, 0.5) is 0 Å². The summed E-state index contributed by atoms with van der Waals surface area (Å²) in [7, 11) is 0. The number of nitrogens with one attached hydrogen (secondary N) is 3. The third-order valence-electron chi connectivity index (χ3n) is 6.64. The molecular formula is C32H49N3O9. The van der Waals surface area contributed by atoms with Crippen molar-refractivity contribution in [1.29, 1.82) is 0 Å². The van der Waals surface area contributed by atoms with Gasteiger partial charge in [-0.15, -0.1) is 0 Å². The number of hydrogen-bond donors (Lipinski definition) is 4. The number of amides is 3. The van der Waals surface area contributed by atoms with Gasteiger partial charge in [0.1, 0.15) is 11.8 Å². The Morgan fingerprint density at radius 2 is 1.41 bits per heavy atom. The van der Waals surface area contributed by atoms with Crippen molar-refractivity contribution in [2.45, 2.75) is 99.1 Å². The van der Waals surface area contributed by atoms with Crippen LogP contribution in [-0.2, 0) is 28.7 Å². The fourth-order valence-corrected chi connectivity index (χ4v) is 4.62. The number of ketones is 1. The van der Waals surface area contributed by atoms with Gasteiger partial charge in [-0.2, -0.15) is 0 Å². The Labute approximate surface area is 260 Å². The molecule has 2 atom stereocenters. The minimum absolute atomic E-state index is 0.0402. The molecule has 0 fully saturated rings. The summed E-state index contributed by atoms with van der Waals surface area (Å²) < 4.78 is 10.5. The van der Waals surface area contributed by atoms with Crippen molar-refractivity contribution < 1.29 is 43.3 Å². The van der Waals surface area contributed by atoms with Crippen molar-refractivity contribution in [3.05, 3.63) is 28.8 Å². The van der Waals surface area contributed by atoms with E-state index in [1.807, 2.05) is 27.7 Å². The van der Waals surface area contributed by atoms with E-state index in [4.69, 9.17) is 14.6 Å². The number of aliphatic carboxylic acids is 1. The Kier molecular flexibility index (Phi) is 16.7. The number of esters is 1. The van der Waals surface area contributed by atoms with Crippen LogP contribution >= 0.6 is 0 Å². The fourth-order valence-electron chi connectivity index (χ4n) is 4.62. The quantitative estimate of drug-likeness (QED) is 0.126. The average Bonchev–Trinajstić information content (AvgIpc) is 2.90. The zero-order chi connectivity index (χ0) is 33.4. The number of benzene rings is 1. The second-order valence-electron chi connectivity index (χ2n) is 11.9. The van der Waals surface area contributed by atoms with Gasteiger partial charge < -0.3 is 30.5 Å². The molecule has 12 heteroatoms. The molecule has 0 bridgehead atoms. The molecule has 246 valence electrons. The topological polar surface area (TPSA) is 177 Å². The van der Waals surface area contributed by atoms with Crippen LogP contribution in [0.3, 0.4) is 0 Å². The Morgan fingerprint density at radius 1 is 0.818 bits per heavy atom. The molecule has 0 saturated carbocycles. The van der Waals surface area contributed by atoms with E-state index >= 15 is 0 Å². The van der Waals surface area contributed by atoms with Gasteiger partial charge >= 0.3 is 11.9 Å². The van der Waals surface area contributed by atoms with Crippen LogP contribution in [0.1, 0.15) is 94.6 Å². The maximum atomic E-state index is 13.3. The summed E-state index contributed by atoms with van der Waals surface area (Å²) in [6.07, 6.45) is 3.03. The minimum Gasteiger partial charge on any atom is -0.482 e. The number of carbonyl (C=O) groups excluding carboxylic acids is 5. The molecular weight excluding hydrogens is 570 g/mol. The molecule has 1 rings (SSSR count). The maximum Gasteiger partial charge on any atom is 0.341 e. The SMILES string of the molecule is CC(=O)NCCCCCC(=O)N[C@@H](CC(C)C)C(=O)N[C@@H](CC(C)C)C(=O)COC(=O)c1c(C)cc(OCC(=O)O)cc1C. The van der Waals surface area contributed by atoms with Crippen molar-refractivity contribution in [3.8, 4) is 5.75 Å². The normalized spacial score (nSPS) is 12.3. The van der Waals surface area contributed by atoms with Crippen LogP contribution in [0.25, 0.3) is 0 Å². The molecule has 3 amide bonds. The van der Waals surface area contributed by atoms with E-state index in [0.717, 1.165) is 12.8 Å². The lowest BCUT2D eigenvalue weighted by molar-refractivity contribution is -0.139. The van der Waals surface area contributed by atoms with Gasteiger partial charge in [-0.3, -0.25) is 19.2 Å². The summed E-state index contributed by atoms with van der Waals surface area (Å²) in [5, 5.41) is 17.1. The molecule has 0 aliphatic heterocycles. The Morgan fingerprint density at radius 3 is 1.95 bits per heavy atom. The van der Waals surface area contributed by atoms with Crippen molar-refractivity contribution in [2.24, 2.45) is 11.8 Å². The first-order chi connectivity index (χ1) is 20.6. The number of carbonyl (C=O) groups is 6. The van der Waals surface area contributed by atoms with Gasteiger partial charge in [-0.05, 0) is 74.6 Å². The first kappa shape index (κ1) is 38.1. The number of unbranched alkanes of at least 4 members (excludes halogenated alkanes) is 2. The molecule has 44 heavy (non-hydrogen) atoms. The lowest BCUT2D eigenvalue weighted by atomic mass is 9.98. The van der Waals surface area contributed by atoms with E-state index in [-0.39, 0.29) is 35.6 Å². The van der Waals surface area contributed by atoms with E-state index in [1.165, 1.54) is 19.1 Å². The smallest absolute Gasteiger partial charge is 0.341 e. The second-order valence-corrected chi connectivity index (χ2v) is 11.9. The predicted octanol–water partition coefficient (Wildman–Crippen LogP) is 3.25. The van der Waals surface area contributed by atoms with Gasteiger partial charge in [0.05, 0.1) is 11.6 Å². The zero-order valence-electron chi connectivity index (χ0n) is 27.0. The molecule has 0 aliphatic rings. The summed E-state index contributed by atoms with van der Waals surface area (Å²) in [6, 6.07) is 1.28. The lowest BCUT2D eigenvalue weighted by Gasteiger charge is -2.25. The zero-order valence-corrected chi connectivity index (χ0v) is 27.0. The standard InChI is InChI=1S/C32H49N3O9/c1-19(2)13-25(27(37)17-44-32(42)30-21(5)15-24(16-22(30)6)43-18-29(39)40)35-31(41)26(14-20(3)4)34-28(38)11-9-8-10-12-33-23(7)36/h15-16,19-20,25-26H,8-14,17-18H2,1-7H3,(H,33,36)(H,34,38)(H,35,41)(H,39,40)/t25-,26-/m0/s1. The Hall–Kier alpha value is -3.96. The van der Waals surface area contributed by atoms with E-state index < -0.39 is 48.9 Å². The highest BCUT2D eigenvalue weighted by atomic mass is 16.5. The molecule has 0 heterocycles. The molecule has 1 aromatic carbocycles. The highest BCUT2D eigenvalue weighted by molar-refractivity contribution is 5.97. The predicted molar refractivity (Wildman–Crippen MR) is 164 cm³/mol. The first-order valence-corrected chi connectivity index (χ1v) is 15.1. The van der Waals surface area contributed by atoms with Gasteiger partial charge in [-0.25, -0.2) is 9.59 Å². The molecule has 12 nitrogen and oxygen atoms in total. The molecule has 0 unspecified atom stereocenters. The van der Waals surface area contributed by atoms with E-state index in [9.17, 15) is 28.8 Å². The van der Waals surface area contributed by atoms with Gasteiger partial charge in [0.2, 0.25) is 17.7 Å². The van der Waals surface area contributed by atoms with E-state index in [0.29, 0.717) is 42.7 Å². The Bertz CT molecular complexity index is 1140. The number of rotatable bonds is 20. The fraction of sp³-hybridized carbons (Fsp3) is 0.625. The molecule has 4 N–H and O–H groups in total. The summed E-state index contributed by atoms with van der Waals surface area (Å²) in [6.45, 7) is 11.9. The van der Waals surface area contributed by atoms with Crippen molar-refractivity contribution >= 4 is 35.4 Å². The van der Waals surface area contributed by atoms with Crippen LogP contribution in [-0.4, -0.2) is 72.4 Å². The number of aryl methyl sites for hydroxylation is 2. The molecule has 0 spiro atoms. The molecule has 0 aliphatic carbocycles. The number of carboxylic acid groups (broad SMARTS) is 1. The summed E-state index contributed by atoms with van der Waals surface area (Å²) in [4.78, 5) is 73.7. The van der Waals surface area contributed by atoms with Gasteiger partial charge in [0.15, 0.2) is 19.0 Å². The molecule has 0 saturated heterocycles. The highest BCUT2D eigenvalue weighted by Crippen LogP contribution is 2.23. The molecule has 0 aromatic heterocycles. The first-order valence-electron chi connectivity index (χ1n) is 15.1. The minimum atomic E-state index is -1.13. The largest absolute Gasteiger partial charge is 0.482 e. The molecule has 0 radical (unpaired) electrons. The second kappa shape index (κ2) is 19.3. The van der Waals surface area contributed by atoms with Gasteiger partial charge in [0, 0.05) is 19.9 Å². The lowest BCUT2D eigenvalue weighted by Crippen LogP contribution is -2.53. The van der Waals surface area contributed by atoms with Crippen molar-refractivity contribution in [3.63, 3.8) is 0 Å². The van der Waals surface area contributed by atoms with Crippen LogP contribution in [0.2, 0.25) is 0 Å². The Balaban J connectivity index is 2.84. The average molecular weight is 620 g/mol. The van der Waals surface area contributed by atoms with Gasteiger partial charge in [-0.1, -0.05) is 34.1 Å². The number of Topliss-reactive ketones (excluding diaryl/α,β-unsaturated/α-hetero) is 1. The van der Waals surface area contributed by atoms with Crippen LogP contribution in [0, 0.1) is 25.7 Å². The van der Waals surface area contributed by atoms with E-state index in [2.05, 4.69) is 16.0 Å². The number of hydrogen-bond acceptors (Lipinski definition) is 8. The van der Waals surface area contributed by atoms with Crippen LogP contribution in [0.15, 0.2) is 12.1 Å². The summed E-state index contributed by atoms with van der Waals surface area (Å²) in [5.74, 6) is -2.76. The van der Waals surface area contributed by atoms with E-state index in [1.54, 1.807) is 13.8 Å². The number of carboxylic acids is 1. The van der Waals surface area contributed by atoms with Crippen LogP contribution in [0.5, 0.6) is 5.75 Å². The highest BCUT2D eigenvalue weighted by Gasteiger charge is 2.29. The number of ether oxygens (including phenoxy) is 2. The molecule has 1 aromatic rings. The van der Waals surface area contributed by atoms with Crippen molar-refractivity contribution in [1.82, 2.24) is 16.0 Å². The monoisotopic (exact) mass is 619 g/mol. The third kappa shape index (κ3) is 15.0. The third-order valence-corrected chi connectivity index (χ3v) is 6.64. The summed E-state index contributed by atoms with van der Waals surface area (Å²) in [5.41, 5.74) is 1.23. The maximum absolute atomic E-state index is 13.3. The van der Waals surface area contributed by atoms with Crippen molar-refractivity contribution in [2.75, 3.05) is 19.8 Å². The summed E-state index contributed by atoms with van der Waals surface area (Å²) >= 11 is 0.